The molecular weight excluding hydrogens is 250 g/mol. The molecule has 0 saturated carbocycles. The van der Waals surface area contributed by atoms with Gasteiger partial charge in [-0.2, -0.15) is 0 Å². The van der Waals surface area contributed by atoms with Crippen molar-refractivity contribution >= 4 is 10.0 Å². The van der Waals surface area contributed by atoms with Crippen molar-refractivity contribution in [2.75, 3.05) is 38.5 Å². The Hall–Kier alpha value is -0.170. The van der Waals surface area contributed by atoms with E-state index in [1.165, 1.54) is 32.4 Å². The highest BCUT2D eigenvalue weighted by molar-refractivity contribution is 7.89. The first kappa shape index (κ1) is 14.2. The highest BCUT2D eigenvalue weighted by Gasteiger charge is 2.27. The average Bonchev–Trinajstić information content (AvgIpc) is 2.73. The molecule has 0 aromatic rings. The second-order valence-electron chi connectivity index (χ2n) is 5.56. The fraction of sp³-hybridized carbons (Fsp3) is 1.00. The molecule has 0 spiro atoms. The van der Waals surface area contributed by atoms with Crippen molar-refractivity contribution in [2.24, 2.45) is 5.14 Å². The molecule has 0 unspecified atom stereocenters. The summed E-state index contributed by atoms with van der Waals surface area (Å²) in [4.78, 5) is 4.80. The summed E-state index contributed by atoms with van der Waals surface area (Å²) < 4.78 is 22.4. The quantitative estimate of drug-likeness (QED) is 0.780. The van der Waals surface area contributed by atoms with Gasteiger partial charge in [-0.05, 0) is 45.3 Å². The number of hydrogen-bond acceptors (Lipinski definition) is 4. The third-order valence-corrected chi connectivity index (χ3v) is 4.93. The Morgan fingerprint density at radius 1 is 1.00 bits per heavy atom. The Morgan fingerprint density at radius 3 is 2.39 bits per heavy atom. The maximum Gasteiger partial charge on any atom is 0.210 e. The van der Waals surface area contributed by atoms with Gasteiger partial charge in [-0.3, -0.25) is 4.90 Å². The first-order valence-electron chi connectivity index (χ1n) is 7.01. The van der Waals surface area contributed by atoms with Crippen molar-refractivity contribution in [2.45, 2.75) is 38.1 Å². The Morgan fingerprint density at radius 2 is 1.72 bits per heavy atom. The number of rotatable bonds is 5. The van der Waals surface area contributed by atoms with Crippen molar-refractivity contribution in [3.05, 3.63) is 0 Å². The second kappa shape index (κ2) is 6.32. The fourth-order valence-electron chi connectivity index (χ4n) is 3.10. The molecule has 106 valence electrons. The molecule has 2 heterocycles. The summed E-state index contributed by atoms with van der Waals surface area (Å²) >= 11 is 0. The molecule has 18 heavy (non-hydrogen) atoms. The molecule has 0 aromatic heterocycles. The molecule has 2 aliphatic rings. The third kappa shape index (κ3) is 4.50. The topological polar surface area (TPSA) is 66.6 Å². The van der Waals surface area contributed by atoms with Crippen LogP contribution in [0.25, 0.3) is 0 Å². The van der Waals surface area contributed by atoms with E-state index in [2.05, 4.69) is 9.80 Å². The standard InChI is InChI=1S/C12H25N3O2S/c13-18(16,17)11-12-5-4-8-15(12)10-9-14-6-2-1-3-7-14/h12H,1-11H2,(H2,13,16,17)/t12-/m0/s1. The van der Waals surface area contributed by atoms with Crippen LogP contribution in [0.5, 0.6) is 0 Å². The maximum atomic E-state index is 11.2. The lowest BCUT2D eigenvalue weighted by molar-refractivity contribution is 0.179. The predicted octanol–water partition coefficient (Wildman–Crippen LogP) is 0.225. The van der Waals surface area contributed by atoms with Gasteiger partial charge in [0.25, 0.3) is 0 Å². The van der Waals surface area contributed by atoms with Crippen LogP contribution in [0.1, 0.15) is 32.1 Å². The molecule has 2 saturated heterocycles. The van der Waals surface area contributed by atoms with Crippen LogP contribution in [-0.2, 0) is 10.0 Å². The average molecular weight is 275 g/mol. The van der Waals surface area contributed by atoms with E-state index in [1.54, 1.807) is 0 Å². The van der Waals surface area contributed by atoms with Crippen molar-refractivity contribution in [3.8, 4) is 0 Å². The molecule has 0 bridgehead atoms. The van der Waals surface area contributed by atoms with E-state index in [0.717, 1.165) is 32.5 Å². The fourth-order valence-corrected chi connectivity index (χ4v) is 4.01. The molecule has 0 aliphatic carbocycles. The molecular formula is C12H25N3O2S. The number of hydrogen-bond donors (Lipinski definition) is 1. The first-order valence-corrected chi connectivity index (χ1v) is 8.73. The Balaban J connectivity index is 1.77. The lowest BCUT2D eigenvalue weighted by atomic mass is 10.1. The number of nitrogens with two attached hydrogens (primary N) is 1. The Kier molecular flexibility index (Phi) is 5.00. The van der Waals surface area contributed by atoms with Crippen molar-refractivity contribution in [3.63, 3.8) is 0 Å². The minimum atomic E-state index is -3.34. The molecule has 0 amide bonds. The van der Waals surface area contributed by atoms with Crippen LogP contribution in [0.3, 0.4) is 0 Å². The third-order valence-electron chi connectivity index (χ3n) is 4.08. The van der Waals surface area contributed by atoms with Crippen LogP contribution in [0.2, 0.25) is 0 Å². The summed E-state index contributed by atoms with van der Waals surface area (Å²) in [6.07, 6.45) is 6.03. The molecule has 6 heteroatoms. The zero-order chi connectivity index (χ0) is 13.0. The zero-order valence-corrected chi connectivity index (χ0v) is 11.9. The van der Waals surface area contributed by atoms with Crippen LogP contribution in [-0.4, -0.2) is 62.7 Å². The van der Waals surface area contributed by atoms with Gasteiger partial charge in [0.2, 0.25) is 10.0 Å². The van der Waals surface area contributed by atoms with Crippen LogP contribution in [0.15, 0.2) is 0 Å². The lowest BCUT2D eigenvalue weighted by Gasteiger charge is -2.30. The van der Waals surface area contributed by atoms with E-state index in [9.17, 15) is 8.42 Å². The Bertz CT molecular complexity index is 352. The zero-order valence-electron chi connectivity index (χ0n) is 11.1. The maximum absolute atomic E-state index is 11.2. The van der Waals surface area contributed by atoms with E-state index in [4.69, 9.17) is 5.14 Å². The van der Waals surface area contributed by atoms with Gasteiger partial charge in [0.15, 0.2) is 0 Å². The van der Waals surface area contributed by atoms with Crippen LogP contribution >= 0.6 is 0 Å². The normalized spacial score (nSPS) is 27.7. The van der Waals surface area contributed by atoms with Gasteiger partial charge in [-0.15, -0.1) is 0 Å². The number of piperidine rings is 1. The van der Waals surface area contributed by atoms with E-state index in [0.29, 0.717) is 0 Å². The number of likely N-dealkylation sites (tertiary alicyclic amines) is 2. The summed E-state index contributed by atoms with van der Waals surface area (Å²) in [5, 5.41) is 5.15. The minimum Gasteiger partial charge on any atom is -0.302 e. The number of nitrogens with zero attached hydrogens (tertiary/aromatic N) is 2. The Labute approximate surface area is 110 Å². The number of sulfonamides is 1. The highest BCUT2D eigenvalue weighted by Crippen LogP contribution is 2.18. The number of primary sulfonamides is 1. The second-order valence-corrected chi connectivity index (χ2v) is 7.22. The molecule has 0 aromatic carbocycles. The summed E-state index contributed by atoms with van der Waals surface area (Å²) in [7, 11) is -3.34. The van der Waals surface area contributed by atoms with E-state index in [-0.39, 0.29) is 11.8 Å². The van der Waals surface area contributed by atoms with E-state index < -0.39 is 10.0 Å². The van der Waals surface area contributed by atoms with E-state index >= 15 is 0 Å². The van der Waals surface area contributed by atoms with Gasteiger partial charge in [-0.1, -0.05) is 6.42 Å². The molecule has 5 nitrogen and oxygen atoms in total. The van der Waals surface area contributed by atoms with Gasteiger partial charge >= 0.3 is 0 Å². The first-order chi connectivity index (χ1) is 8.54. The van der Waals surface area contributed by atoms with Crippen molar-refractivity contribution in [1.29, 1.82) is 0 Å². The van der Waals surface area contributed by atoms with Gasteiger partial charge in [-0.25, -0.2) is 13.6 Å². The van der Waals surface area contributed by atoms with Crippen molar-refractivity contribution < 1.29 is 8.42 Å². The molecule has 2 rings (SSSR count). The summed E-state index contributed by atoms with van der Waals surface area (Å²) in [6, 6.07) is 0.143. The van der Waals surface area contributed by atoms with Gasteiger partial charge in [0.1, 0.15) is 0 Å². The highest BCUT2D eigenvalue weighted by atomic mass is 32.2. The molecule has 2 aliphatic heterocycles. The van der Waals surface area contributed by atoms with Crippen LogP contribution < -0.4 is 5.14 Å². The lowest BCUT2D eigenvalue weighted by Crippen LogP contribution is -2.42. The molecule has 1 atom stereocenters. The SMILES string of the molecule is NS(=O)(=O)C[C@@H]1CCCN1CCN1CCCCC1. The van der Waals surface area contributed by atoms with Gasteiger partial charge < -0.3 is 4.90 Å². The molecule has 2 N–H and O–H groups in total. The summed E-state index contributed by atoms with van der Waals surface area (Å²) in [5.41, 5.74) is 0. The minimum absolute atomic E-state index is 0.118. The van der Waals surface area contributed by atoms with E-state index in [1.807, 2.05) is 0 Å². The van der Waals surface area contributed by atoms with Crippen molar-refractivity contribution in [1.82, 2.24) is 9.80 Å². The van der Waals surface area contributed by atoms with Crippen LogP contribution in [0, 0.1) is 0 Å². The molecule has 2 fully saturated rings. The van der Waals surface area contributed by atoms with Gasteiger partial charge in [0, 0.05) is 19.1 Å². The predicted molar refractivity (Wildman–Crippen MR) is 72.9 cm³/mol. The van der Waals surface area contributed by atoms with Gasteiger partial charge in [0.05, 0.1) is 5.75 Å². The largest absolute Gasteiger partial charge is 0.302 e. The smallest absolute Gasteiger partial charge is 0.210 e. The molecule has 0 radical (unpaired) electrons. The van der Waals surface area contributed by atoms with Crippen LogP contribution in [0.4, 0.5) is 0 Å². The summed E-state index contributed by atoms with van der Waals surface area (Å²) in [5.74, 6) is 0.118. The monoisotopic (exact) mass is 275 g/mol. The summed E-state index contributed by atoms with van der Waals surface area (Å²) in [6.45, 7) is 5.48.